The van der Waals surface area contributed by atoms with Gasteiger partial charge in [0.05, 0.1) is 5.69 Å². The van der Waals surface area contributed by atoms with E-state index in [0.717, 1.165) is 0 Å². The zero-order valence-corrected chi connectivity index (χ0v) is 17.9. The van der Waals surface area contributed by atoms with Crippen LogP contribution in [0.1, 0.15) is 31.6 Å². The zero-order valence-electron chi connectivity index (χ0n) is 16.3. The Hall–Kier alpha value is -2.71. The molecule has 1 aliphatic rings. The van der Waals surface area contributed by atoms with E-state index in [9.17, 15) is 9.18 Å². The minimum Gasteiger partial charge on any atom is -0.447 e. The molecule has 0 fully saturated rings. The van der Waals surface area contributed by atoms with Crippen LogP contribution >= 0.6 is 23.4 Å². The van der Waals surface area contributed by atoms with Crippen LogP contribution in [-0.2, 0) is 4.79 Å². The summed E-state index contributed by atoms with van der Waals surface area (Å²) in [6.45, 7) is 1.92. The molecule has 3 aromatic rings. The SMILES string of the molecule is CCCC(=O)N1c2ccc(F)cc2-c2nnc(SC)nc2O[C@H]1c1cccc(Cl)c1. The van der Waals surface area contributed by atoms with E-state index in [1.165, 1.54) is 28.8 Å². The molecule has 0 saturated carbocycles. The summed E-state index contributed by atoms with van der Waals surface area (Å²) < 4.78 is 20.4. The first-order chi connectivity index (χ1) is 14.5. The summed E-state index contributed by atoms with van der Waals surface area (Å²) in [5, 5.41) is 9.22. The van der Waals surface area contributed by atoms with Gasteiger partial charge in [0.2, 0.25) is 23.2 Å². The molecule has 2 heterocycles. The van der Waals surface area contributed by atoms with E-state index in [2.05, 4.69) is 15.2 Å². The highest BCUT2D eigenvalue weighted by Gasteiger charge is 2.36. The van der Waals surface area contributed by atoms with Crippen molar-refractivity contribution in [3.05, 3.63) is 58.9 Å². The molecule has 0 unspecified atom stereocenters. The van der Waals surface area contributed by atoms with Crippen molar-refractivity contribution in [2.45, 2.75) is 31.1 Å². The average Bonchev–Trinajstić information content (AvgIpc) is 2.87. The third-order valence-electron chi connectivity index (χ3n) is 4.62. The molecule has 4 rings (SSSR count). The highest BCUT2D eigenvalue weighted by Crippen LogP contribution is 2.44. The molecule has 6 nitrogen and oxygen atoms in total. The summed E-state index contributed by atoms with van der Waals surface area (Å²) >= 11 is 7.52. The van der Waals surface area contributed by atoms with Crippen LogP contribution < -0.4 is 9.64 Å². The summed E-state index contributed by atoms with van der Waals surface area (Å²) in [6, 6.07) is 11.3. The van der Waals surface area contributed by atoms with Crippen molar-refractivity contribution in [3.8, 4) is 17.1 Å². The number of aromatic nitrogens is 3. The molecule has 154 valence electrons. The molecule has 1 amide bonds. The average molecular weight is 445 g/mol. The van der Waals surface area contributed by atoms with E-state index in [0.29, 0.717) is 39.8 Å². The van der Waals surface area contributed by atoms with E-state index < -0.39 is 12.0 Å². The van der Waals surface area contributed by atoms with Crippen molar-refractivity contribution in [3.63, 3.8) is 0 Å². The molecular formula is C21H18ClFN4O2S. The Morgan fingerprint density at radius 3 is 2.83 bits per heavy atom. The van der Waals surface area contributed by atoms with E-state index in [1.807, 2.05) is 19.2 Å². The van der Waals surface area contributed by atoms with Crippen molar-refractivity contribution in [2.24, 2.45) is 0 Å². The van der Waals surface area contributed by atoms with E-state index in [1.54, 1.807) is 24.3 Å². The largest absolute Gasteiger partial charge is 0.447 e. The standard InChI is InChI=1S/C21H18ClFN4O2S/c1-3-5-17(28)27-16-9-8-14(23)11-15(16)18-19(24-21(30-2)26-25-18)29-20(27)12-6-4-7-13(22)10-12/h4,6-11,20H,3,5H2,1-2H3/t20-/m0/s1. The Kier molecular flexibility index (Phi) is 5.87. The van der Waals surface area contributed by atoms with Gasteiger partial charge in [-0.1, -0.05) is 42.4 Å². The monoisotopic (exact) mass is 444 g/mol. The lowest BCUT2D eigenvalue weighted by Crippen LogP contribution is -2.37. The Morgan fingerprint density at radius 2 is 2.10 bits per heavy atom. The van der Waals surface area contributed by atoms with Gasteiger partial charge in [-0.2, -0.15) is 4.98 Å². The maximum atomic E-state index is 14.2. The Labute approximate surface area is 182 Å². The molecule has 1 atom stereocenters. The summed E-state index contributed by atoms with van der Waals surface area (Å²) in [4.78, 5) is 19.2. The number of nitrogens with zero attached hydrogens (tertiary/aromatic N) is 4. The Bertz CT molecular complexity index is 1110. The van der Waals surface area contributed by atoms with Crippen LogP contribution in [0.25, 0.3) is 11.3 Å². The maximum Gasteiger partial charge on any atom is 0.247 e. The summed E-state index contributed by atoms with van der Waals surface area (Å²) in [7, 11) is 0. The number of benzene rings is 2. The fraction of sp³-hybridized carbons (Fsp3) is 0.238. The Balaban J connectivity index is 1.99. The van der Waals surface area contributed by atoms with Crippen LogP contribution in [0.5, 0.6) is 5.88 Å². The third-order valence-corrected chi connectivity index (χ3v) is 5.39. The highest BCUT2D eigenvalue weighted by molar-refractivity contribution is 7.98. The first-order valence-electron chi connectivity index (χ1n) is 9.34. The number of hydrogen-bond acceptors (Lipinski definition) is 6. The fourth-order valence-electron chi connectivity index (χ4n) is 3.30. The van der Waals surface area contributed by atoms with Gasteiger partial charge in [-0.25, -0.2) is 4.39 Å². The van der Waals surface area contributed by atoms with Gasteiger partial charge in [-0.05, 0) is 43.0 Å². The van der Waals surface area contributed by atoms with E-state index >= 15 is 0 Å². The topological polar surface area (TPSA) is 68.2 Å². The molecule has 2 aromatic carbocycles. The quantitative estimate of drug-likeness (QED) is 0.510. The number of hydrogen-bond donors (Lipinski definition) is 0. The lowest BCUT2D eigenvalue weighted by atomic mass is 10.1. The second kappa shape index (κ2) is 8.57. The number of anilines is 1. The van der Waals surface area contributed by atoms with Gasteiger partial charge < -0.3 is 4.74 Å². The van der Waals surface area contributed by atoms with Crippen LogP contribution in [0.4, 0.5) is 10.1 Å². The second-order valence-corrected chi connectivity index (χ2v) is 7.86. The number of thioether (sulfide) groups is 1. The van der Waals surface area contributed by atoms with Gasteiger partial charge in [-0.3, -0.25) is 9.69 Å². The van der Waals surface area contributed by atoms with Crippen molar-refractivity contribution >= 4 is 35.0 Å². The smallest absolute Gasteiger partial charge is 0.247 e. The first-order valence-corrected chi connectivity index (χ1v) is 10.9. The molecule has 0 aliphatic carbocycles. The van der Waals surface area contributed by atoms with Crippen molar-refractivity contribution in [2.75, 3.05) is 11.2 Å². The van der Waals surface area contributed by atoms with Crippen LogP contribution in [0.2, 0.25) is 5.02 Å². The van der Waals surface area contributed by atoms with Crippen LogP contribution in [0, 0.1) is 5.82 Å². The fourth-order valence-corrected chi connectivity index (χ4v) is 3.80. The molecule has 9 heteroatoms. The van der Waals surface area contributed by atoms with Crippen LogP contribution in [0.15, 0.2) is 47.6 Å². The number of fused-ring (bicyclic) bond motifs is 3. The second-order valence-electron chi connectivity index (χ2n) is 6.65. The maximum absolute atomic E-state index is 14.2. The van der Waals surface area contributed by atoms with Gasteiger partial charge in [0.15, 0.2) is 5.69 Å². The first kappa shape index (κ1) is 20.6. The van der Waals surface area contributed by atoms with Gasteiger partial charge in [0, 0.05) is 22.6 Å². The summed E-state index contributed by atoms with van der Waals surface area (Å²) in [6.07, 6.45) is 1.91. The van der Waals surface area contributed by atoms with Gasteiger partial charge in [0.1, 0.15) is 5.82 Å². The zero-order chi connectivity index (χ0) is 21.3. The number of amides is 1. The number of rotatable bonds is 4. The van der Waals surface area contributed by atoms with E-state index in [-0.39, 0.29) is 17.5 Å². The lowest BCUT2D eigenvalue weighted by molar-refractivity contribution is -0.120. The lowest BCUT2D eigenvalue weighted by Gasteiger charge is -2.31. The minimum atomic E-state index is -0.848. The Morgan fingerprint density at radius 1 is 1.27 bits per heavy atom. The number of carbonyl (C=O) groups is 1. The molecule has 1 aromatic heterocycles. The third kappa shape index (κ3) is 3.85. The normalized spacial score (nSPS) is 15.1. The number of carbonyl (C=O) groups excluding carboxylic acids is 1. The predicted molar refractivity (Wildman–Crippen MR) is 114 cm³/mol. The van der Waals surface area contributed by atoms with E-state index in [4.69, 9.17) is 16.3 Å². The molecule has 1 aliphatic heterocycles. The molecule has 0 bridgehead atoms. The minimum absolute atomic E-state index is 0.166. The number of halogens is 2. The van der Waals surface area contributed by atoms with Gasteiger partial charge in [0.25, 0.3) is 0 Å². The van der Waals surface area contributed by atoms with Crippen molar-refractivity contribution < 1.29 is 13.9 Å². The van der Waals surface area contributed by atoms with Gasteiger partial charge in [-0.15, -0.1) is 10.2 Å². The summed E-state index contributed by atoms with van der Waals surface area (Å²) in [5.74, 6) is -0.446. The molecule has 0 radical (unpaired) electrons. The molecular weight excluding hydrogens is 427 g/mol. The van der Waals surface area contributed by atoms with Crippen LogP contribution in [-0.4, -0.2) is 27.3 Å². The summed E-state index contributed by atoms with van der Waals surface area (Å²) in [5.41, 5.74) is 1.82. The van der Waals surface area contributed by atoms with Crippen LogP contribution in [0.3, 0.4) is 0 Å². The molecule has 30 heavy (non-hydrogen) atoms. The van der Waals surface area contributed by atoms with Crippen molar-refractivity contribution in [1.29, 1.82) is 0 Å². The molecule has 0 saturated heterocycles. The molecule has 0 spiro atoms. The number of ether oxygens (including phenoxy) is 1. The highest BCUT2D eigenvalue weighted by atomic mass is 35.5. The predicted octanol–water partition coefficient (Wildman–Crippen LogP) is 5.28. The molecule has 0 N–H and O–H groups in total. The van der Waals surface area contributed by atoms with Crippen molar-refractivity contribution in [1.82, 2.24) is 15.2 Å². The van der Waals surface area contributed by atoms with Gasteiger partial charge >= 0.3 is 0 Å².